The van der Waals surface area contributed by atoms with E-state index in [2.05, 4.69) is 39.0 Å². The Kier molecular flexibility index (Phi) is 16.3. The molecule has 10 nitrogen and oxygen atoms in total. The largest absolute Gasteiger partial charge is 0.350 e. The van der Waals surface area contributed by atoms with Crippen molar-refractivity contribution in [3.63, 3.8) is 0 Å². The molecule has 1 aliphatic carbocycles. The second-order valence-electron chi connectivity index (χ2n) is 10.4. The van der Waals surface area contributed by atoms with Gasteiger partial charge in [-0.25, -0.2) is 0 Å². The number of nitrogens with one attached hydrogen (secondary N) is 4. The summed E-state index contributed by atoms with van der Waals surface area (Å²) >= 11 is 5.26. The third-order valence-electron chi connectivity index (χ3n) is 7.04. The molecule has 5 N–H and O–H groups in total. The lowest BCUT2D eigenvalue weighted by molar-refractivity contribution is -0.131. The molecule has 0 heterocycles. The Morgan fingerprint density at radius 2 is 1.24 bits per heavy atom. The molecule has 0 spiro atoms. The molecule has 0 bridgehead atoms. The highest BCUT2D eigenvalue weighted by Crippen LogP contribution is 2.50. The molecule has 0 aromatic carbocycles. The highest BCUT2D eigenvalue weighted by Gasteiger charge is 2.37. The predicted molar refractivity (Wildman–Crippen MR) is 163 cm³/mol. The molecule has 4 amide bonds. The summed E-state index contributed by atoms with van der Waals surface area (Å²) in [5.74, 6) is 5.54. The summed E-state index contributed by atoms with van der Waals surface area (Å²) in [6.07, 6.45) is 18.3. The van der Waals surface area contributed by atoms with Crippen molar-refractivity contribution in [3.05, 3.63) is 0 Å². The number of terminal acetylenes is 3. The van der Waals surface area contributed by atoms with Crippen molar-refractivity contribution in [1.29, 1.82) is 0 Å². The summed E-state index contributed by atoms with van der Waals surface area (Å²) in [6, 6.07) is 0. The van der Waals surface area contributed by atoms with Gasteiger partial charge in [-0.05, 0) is 56.8 Å². The average molecular weight is 607 g/mol. The van der Waals surface area contributed by atoms with Crippen LogP contribution in [-0.4, -0.2) is 65.5 Å². The molecule has 226 valence electrons. The molecule has 12 heteroatoms. The summed E-state index contributed by atoms with van der Waals surface area (Å²) in [5, 5.41) is 10.9. The first-order valence-corrected chi connectivity index (χ1v) is 16.6. The van der Waals surface area contributed by atoms with E-state index < -0.39 is 12.0 Å². The minimum absolute atomic E-state index is 0.0246. The molecular formula is C29H43N4O6PS. The fourth-order valence-corrected chi connectivity index (χ4v) is 5.71. The number of carbonyl (C=O) groups is 4. The minimum Gasteiger partial charge on any atom is -0.350 e. The lowest BCUT2D eigenvalue weighted by atomic mass is 9.81. The fraction of sp³-hybridized carbons (Fsp3) is 0.655. The van der Waals surface area contributed by atoms with E-state index in [0.717, 1.165) is 0 Å². The second kappa shape index (κ2) is 18.5. The Hall–Kier alpha value is -2.87. The number of amides is 4. The Labute approximate surface area is 249 Å². The first kappa shape index (κ1) is 36.2. The van der Waals surface area contributed by atoms with Gasteiger partial charge in [0.2, 0.25) is 23.6 Å². The molecule has 0 aliphatic heterocycles. The van der Waals surface area contributed by atoms with Gasteiger partial charge in [0.05, 0.1) is 25.7 Å². The molecule has 0 saturated heterocycles. The van der Waals surface area contributed by atoms with Crippen LogP contribution in [0, 0.1) is 42.9 Å². The molecule has 1 aliphatic rings. The van der Waals surface area contributed by atoms with Crippen molar-refractivity contribution < 1.29 is 28.6 Å². The van der Waals surface area contributed by atoms with E-state index in [9.17, 15) is 24.1 Å². The van der Waals surface area contributed by atoms with Gasteiger partial charge in [-0.15, -0.1) is 19.3 Å². The summed E-state index contributed by atoms with van der Waals surface area (Å²) in [4.78, 5) is 61.3. The SMILES string of the molecule is C#CCNC(=O)CCC(CCC(=O)NCC#C)(CCC(=O)NCC#C)NC(=O)C1CCC(OP(O)(=S)C(C)C)CC1. The number of hydrogen-bond donors (Lipinski definition) is 5. The maximum Gasteiger partial charge on any atom is 0.223 e. The lowest BCUT2D eigenvalue weighted by Gasteiger charge is -2.38. The van der Waals surface area contributed by atoms with Gasteiger partial charge in [0.25, 0.3) is 0 Å². The van der Waals surface area contributed by atoms with Crippen LogP contribution in [0.15, 0.2) is 0 Å². The van der Waals surface area contributed by atoms with Gasteiger partial charge in [-0.2, -0.15) is 0 Å². The van der Waals surface area contributed by atoms with Crippen molar-refractivity contribution in [1.82, 2.24) is 21.3 Å². The molecule has 41 heavy (non-hydrogen) atoms. The predicted octanol–water partition coefficient (Wildman–Crippen LogP) is 1.72. The van der Waals surface area contributed by atoms with Crippen molar-refractivity contribution in [2.75, 3.05) is 19.6 Å². The first-order chi connectivity index (χ1) is 19.4. The zero-order valence-corrected chi connectivity index (χ0v) is 25.7. The maximum atomic E-state index is 13.6. The van der Waals surface area contributed by atoms with Crippen LogP contribution in [0.3, 0.4) is 0 Å². The van der Waals surface area contributed by atoms with Gasteiger partial charge in [-0.1, -0.05) is 31.6 Å². The van der Waals surface area contributed by atoms with E-state index in [-0.39, 0.29) is 99.5 Å². The molecule has 1 saturated carbocycles. The molecule has 1 fully saturated rings. The molecular weight excluding hydrogens is 563 g/mol. The van der Waals surface area contributed by atoms with Crippen molar-refractivity contribution in [2.24, 2.45) is 5.92 Å². The van der Waals surface area contributed by atoms with Crippen molar-refractivity contribution >= 4 is 41.9 Å². The number of hydrogen-bond acceptors (Lipinski definition) is 6. The van der Waals surface area contributed by atoms with Gasteiger partial charge >= 0.3 is 0 Å². The molecule has 0 aromatic heterocycles. The van der Waals surface area contributed by atoms with E-state index in [1.54, 1.807) is 0 Å². The Morgan fingerprint density at radius 3 is 1.59 bits per heavy atom. The molecule has 1 unspecified atom stereocenters. The Balaban J connectivity index is 3.09. The Bertz CT molecular complexity index is 999. The molecule has 0 radical (unpaired) electrons. The lowest BCUT2D eigenvalue weighted by Crippen LogP contribution is -2.52. The minimum atomic E-state index is -2.91. The quantitative estimate of drug-likeness (QED) is 0.125. The van der Waals surface area contributed by atoms with Crippen LogP contribution < -0.4 is 21.3 Å². The third kappa shape index (κ3) is 14.0. The van der Waals surface area contributed by atoms with Gasteiger partial charge in [-0.3, -0.25) is 19.2 Å². The standard InChI is InChI=1S/C29H43N4O6PS/c1-6-19-30-25(34)13-16-29(17-14-26(35)31-20-7-2,18-15-27(36)32-21-8-3)33-28(37)23-9-11-24(12-10-23)39-40(38,41)22(4)5/h1-3,22-24H,9-21H2,4-5H3,(H,30,34)(H,31,35)(H,32,36)(H,33,37)(H,38,41). The van der Waals surface area contributed by atoms with Gasteiger partial charge in [0, 0.05) is 36.4 Å². The van der Waals surface area contributed by atoms with Gasteiger partial charge in [0.1, 0.15) is 0 Å². The normalized spacial score (nSPS) is 18.1. The number of carbonyl (C=O) groups excluding carboxylic acids is 4. The highest BCUT2D eigenvalue weighted by atomic mass is 32.5. The fourth-order valence-electron chi connectivity index (χ4n) is 4.46. The van der Waals surface area contributed by atoms with Crippen molar-refractivity contribution in [3.8, 4) is 37.0 Å². The Morgan fingerprint density at radius 1 is 0.854 bits per heavy atom. The van der Waals surface area contributed by atoms with E-state index in [4.69, 9.17) is 35.6 Å². The van der Waals surface area contributed by atoms with E-state index in [0.29, 0.717) is 25.7 Å². The van der Waals surface area contributed by atoms with Crippen LogP contribution >= 0.6 is 6.49 Å². The van der Waals surface area contributed by atoms with Crippen molar-refractivity contribution in [2.45, 2.75) is 95.4 Å². The monoisotopic (exact) mass is 606 g/mol. The summed E-state index contributed by atoms with van der Waals surface area (Å²) in [5.41, 5.74) is -1.20. The van der Waals surface area contributed by atoms with Crippen LogP contribution in [0.2, 0.25) is 0 Å². The zero-order chi connectivity index (χ0) is 30.9. The van der Waals surface area contributed by atoms with Crippen LogP contribution in [0.4, 0.5) is 0 Å². The third-order valence-corrected chi connectivity index (χ3v) is 10.5. The maximum absolute atomic E-state index is 13.6. The van der Waals surface area contributed by atoms with Gasteiger partial charge in [0.15, 0.2) is 6.49 Å². The van der Waals surface area contributed by atoms with Crippen LogP contribution in [0.5, 0.6) is 0 Å². The molecule has 1 rings (SSSR count). The van der Waals surface area contributed by atoms with E-state index in [1.165, 1.54) is 0 Å². The summed E-state index contributed by atoms with van der Waals surface area (Å²) < 4.78 is 5.83. The highest BCUT2D eigenvalue weighted by molar-refractivity contribution is 8.09. The smallest absolute Gasteiger partial charge is 0.223 e. The molecule has 1 atom stereocenters. The van der Waals surface area contributed by atoms with Crippen LogP contribution in [0.1, 0.15) is 78.1 Å². The van der Waals surface area contributed by atoms with Crippen LogP contribution in [0.25, 0.3) is 0 Å². The van der Waals surface area contributed by atoms with Crippen LogP contribution in [-0.2, 0) is 35.5 Å². The second-order valence-corrected chi connectivity index (χ2v) is 14.4. The summed E-state index contributed by atoms with van der Waals surface area (Å²) in [6.45, 7) is 0.924. The van der Waals surface area contributed by atoms with Gasteiger partial charge < -0.3 is 30.7 Å². The summed E-state index contributed by atoms with van der Waals surface area (Å²) in [7, 11) is 0. The first-order valence-electron chi connectivity index (χ1n) is 13.8. The number of rotatable bonds is 17. The molecule has 0 aromatic rings. The van der Waals surface area contributed by atoms with E-state index >= 15 is 0 Å². The van der Waals surface area contributed by atoms with E-state index in [1.807, 2.05) is 13.8 Å². The topological polar surface area (TPSA) is 146 Å². The zero-order valence-electron chi connectivity index (χ0n) is 24.0. The average Bonchev–Trinajstić information content (AvgIpc) is 2.94.